The van der Waals surface area contributed by atoms with E-state index in [4.69, 9.17) is 0 Å². The number of rotatable bonds is 7. The van der Waals surface area contributed by atoms with Crippen molar-refractivity contribution in [2.45, 2.75) is 51.9 Å². The van der Waals surface area contributed by atoms with Crippen LogP contribution in [-0.2, 0) is 6.42 Å². The van der Waals surface area contributed by atoms with Crippen molar-refractivity contribution in [3.63, 3.8) is 0 Å². The van der Waals surface area contributed by atoms with Gasteiger partial charge in [0.1, 0.15) is 5.75 Å². The molecular formula is C26H30N4O3. The first-order chi connectivity index (χ1) is 16.0. The van der Waals surface area contributed by atoms with E-state index in [1.807, 2.05) is 25.1 Å². The number of carbonyl (C=O) groups excluding carboxylic acids is 2. The molecule has 33 heavy (non-hydrogen) atoms. The monoisotopic (exact) mass is 446 g/mol. The van der Waals surface area contributed by atoms with E-state index in [9.17, 15) is 14.7 Å². The molecule has 7 nitrogen and oxygen atoms in total. The van der Waals surface area contributed by atoms with Gasteiger partial charge in [-0.25, -0.2) is 4.79 Å². The van der Waals surface area contributed by atoms with Crippen LogP contribution < -0.4 is 10.6 Å². The highest BCUT2D eigenvalue weighted by Crippen LogP contribution is 2.39. The molecule has 1 aromatic heterocycles. The Bertz CT molecular complexity index is 1150. The lowest BCUT2D eigenvalue weighted by Crippen LogP contribution is -2.32. The summed E-state index contributed by atoms with van der Waals surface area (Å²) < 4.78 is 1.43. The molecule has 1 saturated carbocycles. The fraction of sp³-hybridized carbons (Fsp3) is 0.346. The molecular weight excluding hydrogens is 416 g/mol. The molecule has 4 rings (SSSR count). The molecule has 2 amide bonds. The van der Waals surface area contributed by atoms with Crippen molar-refractivity contribution in [2.75, 3.05) is 11.9 Å². The van der Waals surface area contributed by atoms with Crippen molar-refractivity contribution in [2.24, 2.45) is 0 Å². The molecule has 172 valence electrons. The summed E-state index contributed by atoms with van der Waals surface area (Å²) in [7, 11) is 0. The average Bonchev–Trinajstić information content (AvgIpc) is 3.22. The lowest BCUT2D eigenvalue weighted by Gasteiger charge is -2.25. The van der Waals surface area contributed by atoms with Gasteiger partial charge in [-0.3, -0.25) is 4.79 Å². The molecule has 1 heterocycles. The predicted molar refractivity (Wildman–Crippen MR) is 129 cm³/mol. The second-order valence-electron chi connectivity index (χ2n) is 8.46. The van der Waals surface area contributed by atoms with Crippen LogP contribution in [0.5, 0.6) is 5.75 Å². The molecule has 0 radical (unpaired) electrons. The highest BCUT2D eigenvalue weighted by molar-refractivity contribution is 6.04. The highest BCUT2D eigenvalue weighted by atomic mass is 16.3. The first-order valence-electron chi connectivity index (χ1n) is 11.6. The van der Waals surface area contributed by atoms with E-state index in [0.717, 1.165) is 37.8 Å². The molecule has 0 bridgehead atoms. The number of hydrogen-bond donors (Lipinski definition) is 3. The maximum Gasteiger partial charge on any atom is 0.342 e. The summed E-state index contributed by atoms with van der Waals surface area (Å²) in [5, 5.41) is 20.8. The van der Waals surface area contributed by atoms with Gasteiger partial charge < -0.3 is 15.7 Å². The SMILES string of the molecule is CCCNC(=O)n1nc(-c2cc(NC(=O)c3ccc(CC)cc3)ccc2O)cc1C1CCC1. The van der Waals surface area contributed by atoms with Crippen molar-refractivity contribution >= 4 is 17.6 Å². The Kier molecular flexibility index (Phi) is 6.77. The topological polar surface area (TPSA) is 96.3 Å². The summed E-state index contributed by atoms with van der Waals surface area (Å²) in [5.74, 6) is 0.0998. The van der Waals surface area contributed by atoms with Gasteiger partial charge in [0.25, 0.3) is 5.91 Å². The van der Waals surface area contributed by atoms with Crippen LogP contribution >= 0.6 is 0 Å². The van der Waals surface area contributed by atoms with Crippen molar-refractivity contribution < 1.29 is 14.7 Å². The van der Waals surface area contributed by atoms with Gasteiger partial charge in [0.05, 0.1) is 11.4 Å². The molecule has 1 aliphatic carbocycles. The fourth-order valence-corrected chi connectivity index (χ4v) is 3.91. The maximum absolute atomic E-state index is 12.7. The van der Waals surface area contributed by atoms with Crippen molar-refractivity contribution in [3.05, 3.63) is 65.4 Å². The summed E-state index contributed by atoms with van der Waals surface area (Å²) in [5.41, 5.74) is 4.10. The van der Waals surface area contributed by atoms with Gasteiger partial charge in [-0.05, 0) is 67.6 Å². The molecule has 2 aromatic carbocycles. The van der Waals surface area contributed by atoms with Gasteiger partial charge >= 0.3 is 6.03 Å². The van der Waals surface area contributed by atoms with Crippen LogP contribution in [0.4, 0.5) is 10.5 Å². The molecule has 7 heteroatoms. The van der Waals surface area contributed by atoms with E-state index < -0.39 is 0 Å². The normalized spacial score (nSPS) is 13.4. The molecule has 0 spiro atoms. The highest BCUT2D eigenvalue weighted by Gasteiger charge is 2.27. The minimum absolute atomic E-state index is 0.0408. The minimum Gasteiger partial charge on any atom is -0.507 e. The third-order valence-electron chi connectivity index (χ3n) is 6.13. The van der Waals surface area contributed by atoms with Gasteiger partial charge in [-0.15, -0.1) is 0 Å². The number of hydrogen-bond acceptors (Lipinski definition) is 4. The number of amides is 2. The van der Waals surface area contributed by atoms with E-state index in [2.05, 4.69) is 22.7 Å². The number of phenols is 1. The van der Waals surface area contributed by atoms with Crippen LogP contribution in [0.1, 0.15) is 67.1 Å². The van der Waals surface area contributed by atoms with Gasteiger partial charge in [0.15, 0.2) is 0 Å². The standard InChI is InChI=1S/C26H30N4O3/c1-3-14-27-26(33)30-23(18-6-5-7-18)16-22(29-30)21-15-20(12-13-24(21)31)28-25(32)19-10-8-17(4-2)9-11-19/h8-13,15-16,18,31H,3-7,14H2,1-2H3,(H,27,33)(H,28,32). The van der Waals surface area contributed by atoms with E-state index >= 15 is 0 Å². The molecule has 1 aliphatic rings. The summed E-state index contributed by atoms with van der Waals surface area (Å²) in [6.07, 6.45) is 4.92. The largest absolute Gasteiger partial charge is 0.507 e. The van der Waals surface area contributed by atoms with Crippen LogP contribution in [0, 0.1) is 0 Å². The second kappa shape index (κ2) is 9.90. The van der Waals surface area contributed by atoms with E-state index in [-0.39, 0.29) is 23.6 Å². The summed E-state index contributed by atoms with van der Waals surface area (Å²) in [4.78, 5) is 25.4. The first kappa shape index (κ1) is 22.6. The quantitative estimate of drug-likeness (QED) is 0.429. The van der Waals surface area contributed by atoms with Crippen molar-refractivity contribution in [1.29, 1.82) is 0 Å². The number of aromatic nitrogens is 2. The number of aryl methyl sites for hydroxylation is 1. The van der Waals surface area contributed by atoms with Crippen LogP contribution in [0.15, 0.2) is 48.5 Å². The molecule has 0 unspecified atom stereocenters. The van der Waals surface area contributed by atoms with Gasteiger partial charge in [0.2, 0.25) is 0 Å². The Morgan fingerprint density at radius 2 is 1.85 bits per heavy atom. The first-order valence-corrected chi connectivity index (χ1v) is 11.6. The van der Waals surface area contributed by atoms with Crippen LogP contribution in [0.25, 0.3) is 11.3 Å². The Hall–Kier alpha value is -3.61. The zero-order valence-electron chi connectivity index (χ0n) is 19.1. The average molecular weight is 447 g/mol. The number of phenolic OH excluding ortho intramolecular Hbond substituents is 1. The van der Waals surface area contributed by atoms with Gasteiger partial charge in [0, 0.05) is 29.3 Å². The van der Waals surface area contributed by atoms with Crippen LogP contribution in [-0.4, -0.2) is 33.4 Å². The molecule has 0 atom stereocenters. The third-order valence-corrected chi connectivity index (χ3v) is 6.13. The third kappa shape index (κ3) is 4.92. The smallest absolute Gasteiger partial charge is 0.342 e. The molecule has 0 saturated heterocycles. The lowest BCUT2D eigenvalue weighted by molar-refractivity contribution is 0.102. The summed E-state index contributed by atoms with van der Waals surface area (Å²) in [6, 6.07) is 14.0. The Morgan fingerprint density at radius 1 is 1.09 bits per heavy atom. The number of carbonyl (C=O) groups is 2. The number of anilines is 1. The Labute approximate surface area is 193 Å². The van der Waals surface area contributed by atoms with E-state index in [0.29, 0.717) is 29.1 Å². The number of aromatic hydroxyl groups is 1. The minimum atomic E-state index is -0.260. The van der Waals surface area contributed by atoms with Crippen molar-refractivity contribution in [1.82, 2.24) is 15.1 Å². The summed E-state index contributed by atoms with van der Waals surface area (Å²) in [6.45, 7) is 4.64. The molecule has 3 aromatic rings. The van der Waals surface area contributed by atoms with Gasteiger partial charge in [-0.2, -0.15) is 9.78 Å². The van der Waals surface area contributed by atoms with Crippen LogP contribution in [0.3, 0.4) is 0 Å². The zero-order valence-corrected chi connectivity index (χ0v) is 19.1. The van der Waals surface area contributed by atoms with Crippen LogP contribution in [0.2, 0.25) is 0 Å². The van der Waals surface area contributed by atoms with E-state index in [1.54, 1.807) is 24.3 Å². The predicted octanol–water partition coefficient (Wildman–Crippen LogP) is 5.31. The van der Waals surface area contributed by atoms with E-state index in [1.165, 1.54) is 16.3 Å². The second-order valence-corrected chi connectivity index (χ2v) is 8.46. The molecule has 3 N–H and O–H groups in total. The number of nitrogens with zero attached hydrogens (tertiary/aromatic N) is 2. The number of benzene rings is 2. The fourth-order valence-electron chi connectivity index (χ4n) is 3.91. The van der Waals surface area contributed by atoms with Crippen molar-refractivity contribution in [3.8, 4) is 17.0 Å². The Balaban J connectivity index is 1.61. The lowest BCUT2D eigenvalue weighted by atomic mass is 9.82. The maximum atomic E-state index is 12.7. The molecule has 1 fully saturated rings. The number of nitrogens with one attached hydrogen (secondary N) is 2. The summed E-state index contributed by atoms with van der Waals surface area (Å²) >= 11 is 0. The zero-order chi connectivity index (χ0) is 23.4. The Morgan fingerprint density at radius 3 is 2.48 bits per heavy atom. The molecule has 0 aliphatic heterocycles. The van der Waals surface area contributed by atoms with Gasteiger partial charge in [-0.1, -0.05) is 32.4 Å².